The molecule has 9 nitrogen and oxygen atoms in total. The lowest BCUT2D eigenvalue weighted by Crippen LogP contribution is -2.54. The molecular formula is C37H42N6O3. The van der Waals surface area contributed by atoms with Crippen molar-refractivity contribution in [1.29, 1.82) is 0 Å². The SMILES string of the molecule is CCC(N=C(N)N)[C@@H]1N[C@H](CNC(=O)c2ccc(Oc3ccccc3)cc2)CCN(CC(c2ccccc2)c2ccccc2)C1=O. The topological polar surface area (TPSA) is 135 Å². The third-order valence-corrected chi connectivity index (χ3v) is 8.27. The van der Waals surface area contributed by atoms with Gasteiger partial charge in [-0.25, -0.2) is 4.99 Å². The standard InChI is InChI=1S/C37H42N6O3/c1-2-33(42-37(38)39)34-36(45)43(25-32(26-12-6-3-7-13-26)27-14-8-4-9-15-27)23-22-29(41-34)24-40-35(44)28-18-20-31(21-19-28)46-30-16-10-5-11-17-30/h3-21,29,32-34,41H,2,22-25H2,1H3,(H,40,44)(H4,38,39,42)/t29-,33?,34-/m0/s1. The fraction of sp³-hybridized carbons (Fsp3) is 0.270. The van der Waals surface area contributed by atoms with Gasteiger partial charge in [-0.15, -0.1) is 0 Å². The average Bonchev–Trinajstić information content (AvgIpc) is 3.24. The number of benzene rings is 4. The molecule has 0 radical (unpaired) electrons. The first kappa shape index (κ1) is 32.2. The maximum Gasteiger partial charge on any atom is 0.251 e. The lowest BCUT2D eigenvalue weighted by molar-refractivity contribution is -0.133. The van der Waals surface area contributed by atoms with Crippen molar-refractivity contribution in [3.05, 3.63) is 132 Å². The van der Waals surface area contributed by atoms with E-state index in [0.717, 1.165) is 16.9 Å². The molecule has 9 heteroatoms. The van der Waals surface area contributed by atoms with Gasteiger partial charge in [-0.3, -0.25) is 14.9 Å². The second kappa shape index (κ2) is 15.7. The number of para-hydroxylation sites is 1. The van der Waals surface area contributed by atoms with Crippen LogP contribution in [0.4, 0.5) is 0 Å². The molecule has 0 bridgehead atoms. The average molecular weight is 619 g/mol. The summed E-state index contributed by atoms with van der Waals surface area (Å²) in [5.74, 6) is 1.03. The molecule has 4 aromatic rings. The fourth-order valence-electron chi connectivity index (χ4n) is 5.85. The van der Waals surface area contributed by atoms with Gasteiger partial charge in [-0.1, -0.05) is 85.8 Å². The normalized spacial score (nSPS) is 17.2. The van der Waals surface area contributed by atoms with Crippen molar-refractivity contribution in [2.45, 2.75) is 43.8 Å². The van der Waals surface area contributed by atoms with Gasteiger partial charge in [0, 0.05) is 37.2 Å². The van der Waals surface area contributed by atoms with Crippen molar-refractivity contribution in [3.63, 3.8) is 0 Å². The van der Waals surface area contributed by atoms with E-state index >= 15 is 0 Å². The van der Waals surface area contributed by atoms with Crippen LogP contribution < -0.4 is 26.8 Å². The molecule has 1 unspecified atom stereocenters. The number of aliphatic imine (C=N–C) groups is 1. The first-order valence-electron chi connectivity index (χ1n) is 15.8. The number of ether oxygens (including phenoxy) is 1. The van der Waals surface area contributed by atoms with Crippen LogP contribution in [0.25, 0.3) is 0 Å². The molecule has 3 atom stereocenters. The first-order valence-corrected chi connectivity index (χ1v) is 15.8. The Labute approximate surface area is 270 Å². The number of nitrogens with two attached hydrogens (primary N) is 2. The van der Waals surface area contributed by atoms with Crippen LogP contribution in [-0.2, 0) is 4.79 Å². The highest BCUT2D eigenvalue weighted by Gasteiger charge is 2.37. The van der Waals surface area contributed by atoms with E-state index in [4.69, 9.17) is 16.2 Å². The van der Waals surface area contributed by atoms with Crippen LogP contribution in [0.2, 0.25) is 0 Å². The van der Waals surface area contributed by atoms with Crippen LogP contribution >= 0.6 is 0 Å². The fourth-order valence-corrected chi connectivity index (χ4v) is 5.85. The summed E-state index contributed by atoms with van der Waals surface area (Å²) in [5, 5.41) is 6.55. The Bertz CT molecular complexity index is 1540. The predicted octanol–water partition coefficient (Wildman–Crippen LogP) is 4.65. The highest BCUT2D eigenvalue weighted by molar-refractivity contribution is 5.94. The molecule has 2 amide bonds. The monoisotopic (exact) mass is 618 g/mol. The van der Waals surface area contributed by atoms with Crippen LogP contribution in [0.15, 0.2) is 120 Å². The Morgan fingerprint density at radius 3 is 2.02 bits per heavy atom. The first-order chi connectivity index (χ1) is 22.4. The lowest BCUT2D eigenvalue weighted by Gasteiger charge is -2.31. The van der Waals surface area contributed by atoms with Crippen molar-refractivity contribution in [2.75, 3.05) is 19.6 Å². The zero-order valence-corrected chi connectivity index (χ0v) is 26.1. The van der Waals surface area contributed by atoms with Crippen LogP contribution in [-0.4, -0.2) is 60.4 Å². The summed E-state index contributed by atoms with van der Waals surface area (Å²) in [4.78, 5) is 33.7. The van der Waals surface area contributed by atoms with Crippen LogP contribution in [0.3, 0.4) is 0 Å². The Morgan fingerprint density at radius 1 is 0.891 bits per heavy atom. The molecule has 0 saturated carbocycles. The molecule has 1 heterocycles. The number of hydrogen-bond acceptors (Lipinski definition) is 5. The van der Waals surface area contributed by atoms with Crippen molar-refractivity contribution in [1.82, 2.24) is 15.5 Å². The van der Waals surface area contributed by atoms with Gasteiger partial charge in [0.1, 0.15) is 17.5 Å². The summed E-state index contributed by atoms with van der Waals surface area (Å²) in [5.41, 5.74) is 14.4. The zero-order valence-electron chi connectivity index (χ0n) is 26.1. The quantitative estimate of drug-likeness (QED) is 0.135. The molecule has 0 aliphatic carbocycles. The summed E-state index contributed by atoms with van der Waals surface area (Å²) in [6.07, 6.45) is 1.20. The van der Waals surface area contributed by atoms with Crippen molar-refractivity contribution >= 4 is 17.8 Å². The predicted molar refractivity (Wildman–Crippen MR) is 182 cm³/mol. The molecule has 0 aromatic heterocycles. The van der Waals surface area contributed by atoms with Crippen LogP contribution in [0, 0.1) is 0 Å². The molecule has 6 N–H and O–H groups in total. The second-order valence-electron chi connectivity index (χ2n) is 11.5. The summed E-state index contributed by atoms with van der Waals surface area (Å²) in [6, 6.07) is 35.7. The van der Waals surface area contributed by atoms with E-state index in [1.165, 1.54) is 0 Å². The maximum atomic E-state index is 14.2. The molecule has 1 fully saturated rings. The minimum atomic E-state index is -0.655. The van der Waals surface area contributed by atoms with Gasteiger partial charge in [-0.2, -0.15) is 0 Å². The molecule has 1 saturated heterocycles. The summed E-state index contributed by atoms with van der Waals surface area (Å²) < 4.78 is 5.85. The van der Waals surface area contributed by atoms with Gasteiger partial charge in [0.05, 0.1) is 6.04 Å². The van der Waals surface area contributed by atoms with E-state index in [2.05, 4.69) is 39.9 Å². The molecular weight excluding hydrogens is 576 g/mol. The molecule has 46 heavy (non-hydrogen) atoms. The summed E-state index contributed by atoms with van der Waals surface area (Å²) in [6.45, 7) is 3.31. The van der Waals surface area contributed by atoms with Gasteiger partial charge < -0.3 is 26.4 Å². The number of rotatable bonds is 12. The van der Waals surface area contributed by atoms with Gasteiger partial charge in [0.2, 0.25) is 5.91 Å². The van der Waals surface area contributed by atoms with Gasteiger partial charge >= 0.3 is 0 Å². The molecule has 1 aliphatic rings. The number of amides is 2. The van der Waals surface area contributed by atoms with Crippen molar-refractivity contribution < 1.29 is 14.3 Å². The molecule has 0 spiro atoms. The largest absolute Gasteiger partial charge is 0.457 e. The van der Waals surface area contributed by atoms with Gasteiger partial charge in [-0.05, 0) is 60.4 Å². The van der Waals surface area contributed by atoms with E-state index in [1.807, 2.05) is 78.6 Å². The number of carbonyl (C=O) groups is 2. The Hall–Kier alpha value is -5.15. The smallest absolute Gasteiger partial charge is 0.251 e. The van der Waals surface area contributed by atoms with Crippen molar-refractivity contribution in [3.8, 4) is 11.5 Å². The van der Waals surface area contributed by atoms with Gasteiger partial charge in [0.15, 0.2) is 5.96 Å². The molecule has 5 rings (SSSR count). The third-order valence-electron chi connectivity index (χ3n) is 8.27. The Morgan fingerprint density at radius 2 is 1.46 bits per heavy atom. The molecule has 4 aromatic carbocycles. The summed E-state index contributed by atoms with van der Waals surface area (Å²) in [7, 11) is 0. The van der Waals surface area contributed by atoms with Crippen LogP contribution in [0.1, 0.15) is 47.2 Å². The second-order valence-corrected chi connectivity index (χ2v) is 11.5. The Balaban J connectivity index is 1.31. The maximum absolute atomic E-state index is 14.2. The minimum Gasteiger partial charge on any atom is -0.457 e. The molecule has 1 aliphatic heterocycles. The van der Waals surface area contributed by atoms with Crippen molar-refractivity contribution in [2.24, 2.45) is 16.5 Å². The minimum absolute atomic E-state index is 0.0137. The summed E-state index contributed by atoms with van der Waals surface area (Å²) >= 11 is 0. The van der Waals surface area contributed by atoms with Gasteiger partial charge in [0.25, 0.3) is 5.91 Å². The number of hydrogen-bond donors (Lipinski definition) is 4. The van der Waals surface area contributed by atoms with E-state index < -0.39 is 12.1 Å². The zero-order chi connectivity index (χ0) is 32.3. The van der Waals surface area contributed by atoms with E-state index in [-0.39, 0.29) is 29.7 Å². The van der Waals surface area contributed by atoms with E-state index in [9.17, 15) is 9.59 Å². The molecule has 238 valence electrons. The number of carbonyl (C=O) groups excluding carboxylic acids is 2. The highest BCUT2D eigenvalue weighted by atomic mass is 16.5. The lowest BCUT2D eigenvalue weighted by atomic mass is 9.90. The third kappa shape index (κ3) is 8.51. The number of nitrogens with one attached hydrogen (secondary N) is 2. The Kier molecular flexibility index (Phi) is 11.0. The highest BCUT2D eigenvalue weighted by Crippen LogP contribution is 2.27. The van der Waals surface area contributed by atoms with E-state index in [0.29, 0.717) is 43.8 Å². The number of nitrogens with zero attached hydrogens (tertiary/aromatic N) is 2. The number of guanidine groups is 1. The van der Waals surface area contributed by atoms with E-state index in [1.54, 1.807) is 24.3 Å². The van der Waals surface area contributed by atoms with Crippen LogP contribution in [0.5, 0.6) is 11.5 Å².